The van der Waals surface area contributed by atoms with E-state index < -0.39 is 5.97 Å². The zero-order valence-electron chi connectivity index (χ0n) is 14.5. The van der Waals surface area contributed by atoms with Crippen molar-refractivity contribution < 1.29 is 19.4 Å². The van der Waals surface area contributed by atoms with Crippen molar-refractivity contribution in [3.63, 3.8) is 0 Å². The molecule has 1 atom stereocenters. The van der Waals surface area contributed by atoms with Gasteiger partial charge in [-0.25, -0.2) is 0 Å². The van der Waals surface area contributed by atoms with Crippen LogP contribution in [-0.4, -0.2) is 52.7 Å². The van der Waals surface area contributed by atoms with Crippen LogP contribution in [0.15, 0.2) is 24.4 Å². The number of carboxylic acid groups (broad SMARTS) is 1. The molecule has 0 radical (unpaired) electrons. The molecule has 2 N–H and O–H groups in total. The number of carbonyl (C=O) groups is 2. The molecule has 2 aromatic rings. The van der Waals surface area contributed by atoms with Crippen LogP contribution in [0.3, 0.4) is 0 Å². The number of amides is 1. The summed E-state index contributed by atoms with van der Waals surface area (Å²) in [6.07, 6.45) is 4.01. The van der Waals surface area contributed by atoms with Gasteiger partial charge >= 0.3 is 5.97 Å². The molecule has 1 fully saturated rings. The lowest BCUT2D eigenvalue weighted by atomic mass is 10.0. The number of nitrogens with one attached hydrogen (secondary N) is 1. The van der Waals surface area contributed by atoms with Crippen molar-refractivity contribution in [3.05, 3.63) is 35.5 Å². The van der Waals surface area contributed by atoms with Crippen molar-refractivity contribution in [2.45, 2.75) is 38.7 Å². The Balaban J connectivity index is 1.74. The molecule has 2 heterocycles. The highest BCUT2D eigenvalue weighted by Crippen LogP contribution is 2.23. The number of fused-ring (bicyclic) bond motifs is 1. The third kappa shape index (κ3) is 4.20. The minimum absolute atomic E-state index is 0.0162. The highest BCUT2D eigenvalue weighted by atomic mass is 16.5. The van der Waals surface area contributed by atoms with E-state index in [-0.39, 0.29) is 31.4 Å². The summed E-state index contributed by atoms with van der Waals surface area (Å²) in [6, 6.07) is 6.00. The molecule has 134 valence electrons. The van der Waals surface area contributed by atoms with Crippen molar-refractivity contribution >= 4 is 22.8 Å². The Morgan fingerprint density at radius 3 is 2.96 bits per heavy atom. The summed E-state index contributed by atoms with van der Waals surface area (Å²) in [6.45, 7) is 3.43. The third-order valence-electron chi connectivity index (χ3n) is 4.73. The number of aromatic nitrogens is 1. The van der Waals surface area contributed by atoms with Gasteiger partial charge in [-0.1, -0.05) is 12.1 Å². The van der Waals surface area contributed by atoms with Gasteiger partial charge in [0.2, 0.25) is 5.91 Å². The van der Waals surface area contributed by atoms with E-state index in [1.165, 1.54) is 0 Å². The Hall–Kier alpha value is -2.34. The molecule has 1 aromatic heterocycles. The maximum absolute atomic E-state index is 12.8. The SMILES string of the molecule is Cc1cccc2[nH]cc(CC(=O)N(CCC(=O)O)C[C@@H]3CCCO3)c12. The summed E-state index contributed by atoms with van der Waals surface area (Å²) in [4.78, 5) is 28.6. The van der Waals surface area contributed by atoms with Crippen LogP contribution in [0.4, 0.5) is 0 Å². The number of nitrogens with zero attached hydrogens (tertiary/aromatic N) is 1. The van der Waals surface area contributed by atoms with Crippen molar-refractivity contribution in [1.82, 2.24) is 9.88 Å². The van der Waals surface area contributed by atoms with Crippen molar-refractivity contribution in [2.24, 2.45) is 0 Å². The van der Waals surface area contributed by atoms with Gasteiger partial charge in [0, 0.05) is 36.8 Å². The van der Waals surface area contributed by atoms with Gasteiger partial charge in [-0.05, 0) is 37.0 Å². The van der Waals surface area contributed by atoms with Gasteiger partial charge in [0.05, 0.1) is 18.9 Å². The van der Waals surface area contributed by atoms with Crippen LogP contribution in [-0.2, 0) is 20.7 Å². The van der Waals surface area contributed by atoms with E-state index in [9.17, 15) is 9.59 Å². The number of rotatable bonds is 7. The Morgan fingerprint density at radius 1 is 1.40 bits per heavy atom. The second kappa shape index (κ2) is 7.70. The second-order valence-corrected chi connectivity index (χ2v) is 6.61. The Bertz CT molecular complexity index is 762. The summed E-state index contributed by atoms with van der Waals surface area (Å²) in [5, 5.41) is 10.0. The van der Waals surface area contributed by atoms with Crippen molar-refractivity contribution in [1.29, 1.82) is 0 Å². The number of aliphatic carboxylic acids is 1. The van der Waals surface area contributed by atoms with Gasteiger partial charge in [0.15, 0.2) is 0 Å². The van der Waals surface area contributed by atoms with Gasteiger partial charge in [-0.15, -0.1) is 0 Å². The first kappa shape index (κ1) is 17.5. The molecule has 1 amide bonds. The summed E-state index contributed by atoms with van der Waals surface area (Å²) < 4.78 is 5.62. The molecular weight excluding hydrogens is 320 g/mol. The molecule has 0 aliphatic carbocycles. The summed E-state index contributed by atoms with van der Waals surface area (Å²) in [5.74, 6) is -0.950. The van der Waals surface area contributed by atoms with Crippen LogP contribution in [0.25, 0.3) is 10.9 Å². The quantitative estimate of drug-likeness (QED) is 0.808. The maximum atomic E-state index is 12.8. The topological polar surface area (TPSA) is 82.6 Å². The number of hydrogen-bond donors (Lipinski definition) is 2. The van der Waals surface area contributed by atoms with Gasteiger partial charge < -0.3 is 19.7 Å². The number of H-pyrrole nitrogens is 1. The Morgan fingerprint density at radius 2 is 2.24 bits per heavy atom. The van der Waals surface area contributed by atoms with E-state index in [4.69, 9.17) is 9.84 Å². The largest absolute Gasteiger partial charge is 0.481 e. The van der Waals surface area contributed by atoms with E-state index in [1.54, 1.807) is 4.90 Å². The Kier molecular flexibility index (Phi) is 5.38. The van der Waals surface area contributed by atoms with Crippen LogP contribution in [0, 0.1) is 6.92 Å². The lowest BCUT2D eigenvalue weighted by Crippen LogP contribution is -2.39. The van der Waals surface area contributed by atoms with E-state index in [0.29, 0.717) is 13.2 Å². The number of carbonyl (C=O) groups excluding carboxylic acids is 1. The zero-order chi connectivity index (χ0) is 17.8. The first-order chi connectivity index (χ1) is 12.0. The number of hydrogen-bond acceptors (Lipinski definition) is 3. The molecule has 1 aromatic carbocycles. The summed E-state index contributed by atoms with van der Waals surface area (Å²) in [5.41, 5.74) is 3.09. The van der Waals surface area contributed by atoms with Crippen LogP contribution in [0.1, 0.15) is 30.4 Å². The lowest BCUT2D eigenvalue weighted by Gasteiger charge is -2.25. The molecule has 0 bridgehead atoms. The molecule has 6 nitrogen and oxygen atoms in total. The molecule has 1 aliphatic heterocycles. The number of carboxylic acids is 1. The average Bonchev–Trinajstić information content (AvgIpc) is 3.22. The number of aromatic amines is 1. The van der Waals surface area contributed by atoms with Crippen LogP contribution in [0.2, 0.25) is 0 Å². The number of aryl methyl sites for hydroxylation is 1. The fourth-order valence-corrected chi connectivity index (χ4v) is 3.45. The Labute approximate surface area is 146 Å². The molecule has 0 spiro atoms. The number of ether oxygens (including phenoxy) is 1. The van der Waals surface area contributed by atoms with Crippen molar-refractivity contribution in [2.75, 3.05) is 19.7 Å². The highest BCUT2D eigenvalue weighted by Gasteiger charge is 2.24. The van der Waals surface area contributed by atoms with E-state index >= 15 is 0 Å². The molecule has 25 heavy (non-hydrogen) atoms. The predicted molar refractivity (Wildman–Crippen MR) is 94.5 cm³/mol. The lowest BCUT2D eigenvalue weighted by molar-refractivity contribution is -0.139. The minimum atomic E-state index is -0.895. The molecule has 0 unspecified atom stereocenters. The fraction of sp³-hybridized carbons (Fsp3) is 0.474. The molecule has 0 saturated carbocycles. The number of benzene rings is 1. The molecule has 3 rings (SSSR count). The fourth-order valence-electron chi connectivity index (χ4n) is 3.45. The van der Waals surface area contributed by atoms with Crippen LogP contribution < -0.4 is 0 Å². The maximum Gasteiger partial charge on any atom is 0.305 e. The van der Waals surface area contributed by atoms with E-state index in [1.807, 2.05) is 31.3 Å². The first-order valence-electron chi connectivity index (χ1n) is 8.71. The van der Waals surface area contributed by atoms with E-state index in [2.05, 4.69) is 4.98 Å². The smallest absolute Gasteiger partial charge is 0.305 e. The third-order valence-corrected chi connectivity index (χ3v) is 4.73. The standard InChI is InChI=1S/C19H24N2O4/c1-13-4-2-6-16-19(13)14(11-20-16)10-17(22)21(8-7-18(23)24)12-15-5-3-9-25-15/h2,4,6,11,15,20H,3,5,7-10,12H2,1H3,(H,23,24)/t15-/m0/s1. The van der Waals surface area contributed by atoms with E-state index in [0.717, 1.165) is 34.9 Å². The van der Waals surface area contributed by atoms with Gasteiger partial charge in [-0.2, -0.15) is 0 Å². The zero-order valence-corrected chi connectivity index (χ0v) is 14.5. The molecule has 1 aliphatic rings. The monoisotopic (exact) mass is 344 g/mol. The normalized spacial score (nSPS) is 17.1. The highest BCUT2D eigenvalue weighted by molar-refractivity contribution is 5.91. The van der Waals surface area contributed by atoms with Gasteiger partial charge in [0.25, 0.3) is 0 Å². The molecular formula is C19H24N2O4. The van der Waals surface area contributed by atoms with Gasteiger partial charge in [-0.3, -0.25) is 9.59 Å². The average molecular weight is 344 g/mol. The predicted octanol–water partition coefficient (Wildman–Crippen LogP) is 2.50. The second-order valence-electron chi connectivity index (χ2n) is 6.61. The van der Waals surface area contributed by atoms with Crippen molar-refractivity contribution in [3.8, 4) is 0 Å². The van der Waals surface area contributed by atoms with Crippen LogP contribution >= 0.6 is 0 Å². The van der Waals surface area contributed by atoms with Gasteiger partial charge in [0.1, 0.15) is 0 Å². The summed E-state index contributed by atoms with van der Waals surface area (Å²) >= 11 is 0. The van der Waals surface area contributed by atoms with Crippen LogP contribution in [0.5, 0.6) is 0 Å². The minimum Gasteiger partial charge on any atom is -0.481 e. The molecule has 6 heteroatoms. The summed E-state index contributed by atoms with van der Waals surface area (Å²) in [7, 11) is 0. The first-order valence-corrected chi connectivity index (χ1v) is 8.71. The molecule has 1 saturated heterocycles.